The molecule has 1 heterocycles. The number of amides is 2. The van der Waals surface area contributed by atoms with Crippen LogP contribution in [0.1, 0.15) is 38.5 Å². The Morgan fingerprint density at radius 3 is 2.26 bits per heavy atom. The minimum Gasteiger partial charge on any atom is -0.342 e. The minimum atomic E-state index is 0. The van der Waals surface area contributed by atoms with Gasteiger partial charge in [0.25, 0.3) is 0 Å². The zero-order valence-electron chi connectivity index (χ0n) is 14.2. The van der Waals surface area contributed by atoms with Crippen molar-refractivity contribution in [3.05, 3.63) is 0 Å². The zero-order chi connectivity index (χ0) is 15.9. The van der Waals surface area contributed by atoms with E-state index in [0.29, 0.717) is 38.6 Å². The van der Waals surface area contributed by atoms with Gasteiger partial charge in [0.15, 0.2) is 0 Å². The molecular weight excluding hydrogens is 316 g/mol. The van der Waals surface area contributed by atoms with Crippen molar-refractivity contribution in [2.24, 2.45) is 5.73 Å². The molecule has 2 N–H and O–H groups in total. The Labute approximate surface area is 145 Å². The highest BCUT2D eigenvalue weighted by Crippen LogP contribution is 2.21. The number of nitrogens with two attached hydrogens (primary N) is 1. The lowest BCUT2D eigenvalue weighted by Gasteiger charge is -2.37. The van der Waals surface area contributed by atoms with Gasteiger partial charge < -0.3 is 15.5 Å². The van der Waals surface area contributed by atoms with Crippen molar-refractivity contribution >= 4 is 24.2 Å². The van der Waals surface area contributed by atoms with Crippen molar-refractivity contribution in [1.82, 2.24) is 14.7 Å². The van der Waals surface area contributed by atoms with Gasteiger partial charge in [-0.15, -0.1) is 12.4 Å². The second-order valence-corrected chi connectivity index (χ2v) is 6.49. The molecule has 0 aromatic rings. The number of nitrogens with zero attached hydrogens (tertiary/aromatic N) is 3. The fraction of sp³-hybridized carbons (Fsp3) is 0.875. The Bertz CT molecular complexity index is 380. The molecule has 0 aromatic carbocycles. The van der Waals surface area contributed by atoms with E-state index in [2.05, 4.69) is 4.90 Å². The van der Waals surface area contributed by atoms with Gasteiger partial charge >= 0.3 is 0 Å². The molecule has 0 bridgehead atoms. The van der Waals surface area contributed by atoms with E-state index in [-0.39, 0.29) is 24.2 Å². The maximum atomic E-state index is 12.4. The molecule has 0 unspecified atom stereocenters. The summed E-state index contributed by atoms with van der Waals surface area (Å²) in [6.07, 6.45) is 6.49. The van der Waals surface area contributed by atoms with Crippen LogP contribution in [0.3, 0.4) is 0 Å². The molecule has 0 spiro atoms. The highest BCUT2D eigenvalue weighted by Gasteiger charge is 2.26. The molecule has 23 heavy (non-hydrogen) atoms. The fourth-order valence-corrected chi connectivity index (χ4v) is 3.41. The summed E-state index contributed by atoms with van der Waals surface area (Å²) in [4.78, 5) is 30.2. The number of rotatable bonds is 5. The highest BCUT2D eigenvalue weighted by atomic mass is 35.5. The molecule has 1 aliphatic carbocycles. The average molecular weight is 347 g/mol. The Kier molecular flexibility index (Phi) is 8.87. The molecule has 1 saturated carbocycles. The molecule has 2 aliphatic rings. The molecule has 0 atom stereocenters. The van der Waals surface area contributed by atoms with Gasteiger partial charge in [-0.05, 0) is 12.8 Å². The Morgan fingerprint density at radius 1 is 1.09 bits per heavy atom. The van der Waals surface area contributed by atoms with E-state index in [1.54, 1.807) is 0 Å². The Morgan fingerprint density at radius 2 is 1.70 bits per heavy atom. The summed E-state index contributed by atoms with van der Waals surface area (Å²) in [6.45, 7) is 3.86. The van der Waals surface area contributed by atoms with Crippen molar-refractivity contribution in [2.45, 2.75) is 44.6 Å². The van der Waals surface area contributed by atoms with Gasteiger partial charge in [-0.1, -0.05) is 19.3 Å². The topological polar surface area (TPSA) is 69.9 Å². The lowest BCUT2D eigenvalue weighted by molar-refractivity contribution is -0.135. The maximum absolute atomic E-state index is 12.4. The Hall–Kier alpha value is -0.850. The number of likely N-dealkylation sites (N-methyl/N-ethyl adjacent to an activating group) is 1. The van der Waals surface area contributed by atoms with E-state index in [1.807, 2.05) is 16.8 Å². The SMILES string of the molecule is CN(C(=O)CN1CCN(C(=O)CCN)CC1)C1CCCCC1.Cl. The summed E-state index contributed by atoms with van der Waals surface area (Å²) >= 11 is 0. The highest BCUT2D eigenvalue weighted by molar-refractivity contribution is 5.85. The van der Waals surface area contributed by atoms with Gasteiger partial charge in [-0.25, -0.2) is 0 Å². The quantitative estimate of drug-likeness (QED) is 0.795. The first-order valence-corrected chi connectivity index (χ1v) is 8.57. The third kappa shape index (κ3) is 5.94. The largest absolute Gasteiger partial charge is 0.342 e. The summed E-state index contributed by atoms with van der Waals surface area (Å²) < 4.78 is 0. The number of halogens is 1. The molecular formula is C16H31ClN4O2. The normalized spacial score (nSPS) is 20.0. The summed E-state index contributed by atoms with van der Waals surface area (Å²) in [7, 11) is 1.94. The number of hydrogen-bond donors (Lipinski definition) is 1. The standard InChI is InChI=1S/C16H30N4O2.ClH/c1-18(14-5-3-2-4-6-14)16(22)13-19-9-11-20(12-10-19)15(21)7-8-17;/h14H,2-13,17H2,1H3;1H. The first-order valence-electron chi connectivity index (χ1n) is 8.57. The van der Waals surface area contributed by atoms with Crippen molar-refractivity contribution in [3.63, 3.8) is 0 Å². The molecule has 7 heteroatoms. The van der Waals surface area contributed by atoms with Crippen LogP contribution < -0.4 is 5.73 Å². The number of piperazine rings is 1. The van der Waals surface area contributed by atoms with Crippen LogP contribution in [-0.2, 0) is 9.59 Å². The van der Waals surface area contributed by atoms with Crippen molar-refractivity contribution < 1.29 is 9.59 Å². The van der Waals surface area contributed by atoms with Crippen molar-refractivity contribution in [3.8, 4) is 0 Å². The van der Waals surface area contributed by atoms with Crippen LogP contribution in [0.4, 0.5) is 0 Å². The van der Waals surface area contributed by atoms with Crippen molar-refractivity contribution in [1.29, 1.82) is 0 Å². The first-order chi connectivity index (χ1) is 10.6. The van der Waals surface area contributed by atoms with Crippen LogP contribution in [0.5, 0.6) is 0 Å². The van der Waals surface area contributed by atoms with Crippen LogP contribution in [0.25, 0.3) is 0 Å². The Balaban J connectivity index is 0.00000264. The third-order valence-corrected chi connectivity index (χ3v) is 4.96. The van der Waals surface area contributed by atoms with Gasteiger partial charge in [-0.3, -0.25) is 14.5 Å². The van der Waals surface area contributed by atoms with E-state index in [0.717, 1.165) is 25.9 Å². The number of hydrogen-bond acceptors (Lipinski definition) is 4. The molecule has 134 valence electrons. The summed E-state index contributed by atoms with van der Waals surface area (Å²) in [6, 6.07) is 0.425. The van der Waals surface area contributed by atoms with Crippen LogP contribution in [0, 0.1) is 0 Å². The van der Waals surface area contributed by atoms with Crippen molar-refractivity contribution in [2.75, 3.05) is 46.3 Å². The van der Waals surface area contributed by atoms with E-state index in [9.17, 15) is 9.59 Å². The molecule has 1 saturated heterocycles. The molecule has 0 radical (unpaired) electrons. The first kappa shape index (κ1) is 20.2. The van der Waals surface area contributed by atoms with E-state index in [4.69, 9.17) is 5.73 Å². The van der Waals surface area contributed by atoms with Gasteiger partial charge in [0.2, 0.25) is 11.8 Å². The van der Waals surface area contributed by atoms with Gasteiger partial charge in [0, 0.05) is 52.2 Å². The van der Waals surface area contributed by atoms with E-state index < -0.39 is 0 Å². The van der Waals surface area contributed by atoms with Gasteiger partial charge in [-0.2, -0.15) is 0 Å². The minimum absolute atomic E-state index is 0. The van der Waals surface area contributed by atoms with Crippen LogP contribution in [-0.4, -0.2) is 78.9 Å². The predicted octanol–water partition coefficient (Wildman–Crippen LogP) is 0.692. The second-order valence-electron chi connectivity index (χ2n) is 6.49. The molecule has 0 aromatic heterocycles. The second kappa shape index (κ2) is 10.1. The lowest BCUT2D eigenvalue weighted by Crippen LogP contribution is -2.52. The van der Waals surface area contributed by atoms with E-state index in [1.165, 1.54) is 19.3 Å². The fourth-order valence-electron chi connectivity index (χ4n) is 3.41. The van der Waals surface area contributed by atoms with Crippen LogP contribution in [0.2, 0.25) is 0 Å². The molecule has 1 aliphatic heterocycles. The molecule has 2 rings (SSSR count). The lowest BCUT2D eigenvalue weighted by atomic mass is 9.94. The summed E-state index contributed by atoms with van der Waals surface area (Å²) in [5.41, 5.74) is 5.43. The smallest absolute Gasteiger partial charge is 0.236 e. The van der Waals surface area contributed by atoms with Crippen LogP contribution in [0.15, 0.2) is 0 Å². The zero-order valence-corrected chi connectivity index (χ0v) is 15.0. The van der Waals surface area contributed by atoms with Gasteiger partial charge in [0.1, 0.15) is 0 Å². The molecule has 6 nitrogen and oxygen atoms in total. The summed E-state index contributed by atoms with van der Waals surface area (Å²) in [5.74, 6) is 0.349. The molecule has 2 fully saturated rings. The average Bonchev–Trinajstić information content (AvgIpc) is 2.55. The van der Waals surface area contributed by atoms with Gasteiger partial charge in [0.05, 0.1) is 6.54 Å². The predicted molar refractivity (Wildman–Crippen MR) is 93.6 cm³/mol. The third-order valence-electron chi connectivity index (χ3n) is 4.96. The molecule has 2 amide bonds. The maximum Gasteiger partial charge on any atom is 0.236 e. The number of carbonyl (C=O) groups excluding carboxylic acids is 2. The number of carbonyl (C=O) groups is 2. The monoisotopic (exact) mass is 346 g/mol. The van der Waals surface area contributed by atoms with Crippen LogP contribution >= 0.6 is 12.4 Å². The summed E-state index contributed by atoms with van der Waals surface area (Å²) in [5, 5.41) is 0. The van der Waals surface area contributed by atoms with E-state index >= 15 is 0 Å².